The molecule has 6 heteroatoms. The zero-order chi connectivity index (χ0) is 18.5. The fourth-order valence-electron chi connectivity index (χ4n) is 3.48. The molecule has 5 nitrogen and oxygen atoms in total. The lowest BCUT2D eigenvalue weighted by atomic mass is 10.2. The number of benzene rings is 2. The quantitative estimate of drug-likeness (QED) is 0.749. The molecule has 3 aromatic rings. The Morgan fingerprint density at radius 2 is 2.00 bits per heavy atom. The number of nitrogens with one attached hydrogen (secondary N) is 1. The molecule has 2 heterocycles. The van der Waals surface area contributed by atoms with Crippen LogP contribution in [0, 0.1) is 5.82 Å². The maximum Gasteiger partial charge on any atom is 0.149 e. The van der Waals surface area contributed by atoms with Gasteiger partial charge in [0.1, 0.15) is 23.5 Å². The Balaban J connectivity index is 1.42. The largest absolute Gasteiger partial charge is 0.375 e. The van der Waals surface area contributed by atoms with Crippen molar-refractivity contribution < 1.29 is 9.13 Å². The van der Waals surface area contributed by atoms with E-state index in [0.29, 0.717) is 23.3 Å². The minimum Gasteiger partial charge on any atom is -0.375 e. The van der Waals surface area contributed by atoms with E-state index in [1.54, 1.807) is 6.07 Å². The number of anilines is 1. The molecular formula is C21H23FN4O. The fraction of sp³-hybridized carbons (Fsp3) is 0.333. The first kappa shape index (κ1) is 17.8. The Morgan fingerprint density at radius 1 is 1.11 bits per heavy atom. The number of para-hydroxylation sites is 1. The lowest BCUT2D eigenvalue weighted by molar-refractivity contribution is 0.0625. The number of hydrogen-bond donors (Lipinski definition) is 1. The van der Waals surface area contributed by atoms with Crippen molar-refractivity contribution in [2.45, 2.75) is 19.1 Å². The number of aromatic nitrogens is 2. The van der Waals surface area contributed by atoms with E-state index in [4.69, 9.17) is 4.74 Å². The van der Waals surface area contributed by atoms with Crippen molar-refractivity contribution in [1.29, 1.82) is 0 Å². The van der Waals surface area contributed by atoms with Gasteiger partial charge in [-0.3, -0.25) is 4.90 Å². The molecular weight excluding hydrogens is 343 g/mol. The zero-order valence-electron chi connectivity index (χ0n) is 15.1. The van der Waals surface area contributed by atoms with Crippen LogP contribution >= 0.6 is 0 Å². The van der Waals surface area contributed by atoms with Gasteiger partial charge in [-0.15, -0.1) is 0 Å². The van der Waals surface area contributed by atoms with Crippen LogP contribution < -0.4 is 5.32 Å². The smallest absolute Gasteiger partial charge is 0.149 e. The molecule has 0 bridgehead atoms. The van der Waals surface area contributed by atoms with E-state index >= 15 is 0 Å². The number of halogens is 1. The molecule has 1 atom stereocenters. The summed E-state index contributed by atoms with van der Waals surface area (Å²) < 4.78 is 19.9. The molecule has 0 spiro atoms. The molecule has 1 unspecified atom stereocenters. The van der Waals surface area contributed by atoms with E-state index in [1.165, 1.54) is 18.0 Å². The molecule has 2 aromatic carbocycles. The summed E-state index contributed by atoms with van der Waals surface area (Å²) in [5.74, 6) is 0.305. The zero-order valence-corrected chi connectivity index (χ0v) is 15.1. The molecule has 1 aromatic heterocycles. The van der Waals surface area contributed by atoms with Crippen LogP contribution in [0.4, 0.5) is 10.2 Å². The second-order valence-electron chi connectivity index (χ2n) is 6.81. The highest BCUT2D eigenvalue weighted by Crippen LogP contribution is 2.21. The van der Waals surface area contributed by atoms with Gasteiger partial charge >= 0.3 is 0 Å². The summed E-state index contributed by atoms with van der Waals surface area (Å²) in [5, 5.41) is 4.01. The molecule has 0 amide bonds. The van der Waals surface area contributed by atoms with Crippen molar-refractivity contribution in [3.05, 3.63) is 66.2 Å². The minimum absolute atomic E-state index is 0.0507. The highest BCUT2D eigenvalue weighted by Gasteiger charge is 2.19. The van der Waals surface area contributed by atoms with Crippen LogP contribution in [0.1, 0.15) is 12.0 Å². The van der Waals surface area contributed by atoms with Gasteiger partial charge in [-0.25, -0.2) is 14.4 Å². The number of rotatable bonds is 5. The highest BCUT2D eigenvalue weighted by atomic mass is 19.1. The van der Waals surface area contributed by atoms with E-state index in [2.05, 4.69) is 44.5 Å². The van der Waals surface area contributed by atoms with Gasteiger partial charge in [0, 0.05) is 38.2 Å². The Kier molecular flexibility index (Phi) is 5.55. The van der Waals surface area contributed by atoms with Gasteiger partial charge in [0.25, 0.3) is 0 Å². The van der Waals surface area contributed by atoms with Gasteiger partial charge in [-0.2, -0.15) is 0 Å². The average Bonchev–Trinajstić information content (AvgIpc) is 2.93. The summed E-state index contributed by atoms with van der Waals surface area (Å²) in [6.07, 6.45) is 2.46. The third kappa shape index (κ3) is 4.40. The van der Waals surface area contributed by atoms with Crippen LogP contribution in [0.2, 0.25) is 0 Å². The molecule has 4 rings (SSSR count). The molecule has 1 aliphatic heterocycles. The van der Waals surface area contributed by atoms with Crippen molar-refractivity contribution in [2.75, 3.05) is 31.6 Å². The summed E-state index contributed by atoms with van der Waals surface area (Å²) in [7, 11) is 0. The van der Waals surface area contributed by atoms with Gasteiger partial charge in [0.15, 0.2) is 0 Å². The molecule has 1 aliphatic rings. The second-order valence-corrected chi connectivity index (χ2v) is 6.81. The van der Waals surface area contributed by atoms with E-state index in [-0.39, 0.29) is 11.9 Å². The van der Waals surface area contributed by atoms with Gasteiger partial charge in [-0.05, 0) is 24.1 Å². The van der Waals surface area contributed by atoms with Crippen molar-refractivity contribution in [1.82, 2.24) is 14.9 Å². The van der Waals surface area contributed by atoms with E-state index in [1.807, 2.05) is 12.1 Å². The molecule has 1 saturated heterocycles. The number of hydrogen-bond acceptors (Lipinski definition) is 5. The first-order valence-electron chi connectivity index (χ1n) is 9.30. The molecule has 27 heavy (non-hydrogen) atoms. The Bertz CT molecular complexity index is 890. The molecule has 1 N–H and O–H groups in total. The van der Waals surface area contributed by atoms with Crippen LogP contribution in [-0.2, 0) is 11.3 Å². The summed E-state index contributed by atoms with van der Waals surface area (Å²) in [5.41, 5.74) is 1.64. The topological polar surface area (TPSA) is 50.3 Å². The number of ether oxygens (including phenoxy) is 1. The van der Waals surface area contributed by atoms with Crippen molar-refractivity contribution in [2.24, 2.45) is 0 Å². The average molecular weight is 366 g/mol. The Hall–Kier alpha value is -2.57. The monoisotopic (exact) mass is 366 g/mol. The normalized spacial score (nSPS) is 18.3. The maximum absolute atomic E-state index is 13.9. The van der Waals surface area contributed by atoms with Crippen LogP contribution in [0.5, 0.6) is 0 Å². The number of fused-ring (bicyclic) bond motifs is 1. The van der Waals surface area contributed by atoms with Crippen molar-refractivity contribution in [3.8, 4) is 0 Å². The third-order valence-electron chi connectivity index (χ3n) is 4.80. The summed E-state index contributed by atoms with van der Waals surface area (Å²) in [6, 6.07) is 15.4. The molecule has 1 fully saturated rings. The van der Waals surface area contributed by atoms with Gasteiger partial charge in [-0.1, -0.05) is 36.4 Å². The van der Waals surface area contributed by atoms with Gasteiger partial charge in [0.2, 0.25) is 0 Å². The van der Waals surface area contributed by atoms with Crippen LogP contribution in [-0.4, -0.2) is 47.2 Å². The predicted molar refractivity (Wildman–Crippen MR) is 104 cm³/mol. The van der Waals surface area contributed by atoms with E-state index in [9.17, 15) is 4.39 Å². The maximum atomic E-state index is 13.9. The van der Waals surface area contributed by atoms with E-state index in [0.717, 1.165) is 32.7 Å². The molecule has 140 valence electrons. The number of nitrogens with zero attached hydrogens (tertiary/aromatic N) is 3. The third-order valence-corrected chi connectivity index (χ3v) is 4.80. The molecule has 0 aliphatic carbocycles. The summed E-state index contributed by atoms with van der Waals surface area (Å²) >= 11 is 0. The summed E-state index contributed by atoms with van der Waals surface area (Å²) in [6.45, 7) is 4.15. The summed E-state index contributed by atoms with van der Waals surface area (Å²) in [4.78, 5) is 10.8. The first-order valence-corrected chi connectivity index (χ1v) is 9.30. The fourth-order valence-corrected chi connectivity index (χ4v) is 3.48. The van der Waals surface area contributed by atoms with Crippen LogP contribution in [0.3, 0.4) is 0 Å². The van der Waals surface area contributed by atoms with Crippen molar-refractivity contribution >= 4 is 16.7 Å². The van der Waals surface area contributed by atoms with E-state index < -0.39 is 0 Å². The van der Waals surface area contributed by atoms with Crippen molar-refractivity contribution in [3.63, 3.8) is 0 Å². The van der Waals surface area contributed by atoms with Gasteiger partial charge < -0.3 is 10.1 Å². The van der Waals surface area contributed by atoms with Crippen LogP contribution in [0.15, 0.2) is 54.9 Å². The standard InChI is InChI=1S/C21H23FN4O/c22-19-9-4-8-18-20(19)24-15-25-21(18)23-12-17-14-26(10-5-11-27-17)13-16-6-2-1-3-7-16/h1-4,6-9,15,17H,5,10-14H2,(H,23,24,25). The highest BCUT2D eigenvalue weighted by molar-refractivity contribution is 5.89. The Labute approximate surface area is 158 Å². The lowest BCUT2D eigenvalue weighted by Gasteiger charge is -2.24. The SMILES string of the molecule is Fc1cccc2c(NCC3CN(Cc4ccccc4)CCCO3)ncnc12. The van der Waals surface area contributed by atoms with Crippen LogP contribution in [0.25, 0.3) is 10.9 Å². The molecule has 0 radical (unpaired) electrons. The first-order chi connectivity index (χ1) is 13.3. The molecule has 0 saturated carbocycles. The minimum atomic E-state index is -0.335. The van der Waals surface area contributed by atoms with Gasteiger partial charge in [0.05, 0.1) is 6.10 Å². The second kappa shape index (κ2) is 8.41. The lowest BCUT2D eigenvalue weighted by Crippen LogP contribution is -2.35. The Morgan fingerprint density at radius 3 is 2.89 bits per heavy atom. The predicted octanol–water partition coefficient (Wildman–Crippen LogP) is 3.47.